The summed E-state index contributed by atoms with van der Waals surface area (Å²) in [6.45, 7) is 5.39. The summed E-state index contributed by atoms with van der Waals surface area (Å²) in [4.78, 5) is 0. The standard InChI is InChI=1S/C12H26N2S/c1-3-15-8-7-10(2)14-12-6-4-5-11(12)9-13/h10-12,14H,3-9,13H2,1-2H3. The maximum Gasteiger partial charge on any atom is 0.0110 e. The summed E-state index contributed by atoms with van der Waals surface area (Å²) < 4.78 is 0. The third-order valence-electron chi connectivity index (χ3n) is 3.36. The summed E-state index contributed by atoms with van der Waals surface area (Å²) in [6, 6.07) is 1.35. The lowest BCUT2D eigenvalue weighted by molar-refractivity contribution is 0.366. The Morgan fingerprint density at radius 2 is 2.27 bits per heavy atom. The fourth-order valence-corrected chi connectivity index (χ4v) is 3.20. The summed E-state index contributed by atoms with van der Waals surface area (Å²) in [5.74, 6) is 3.25. The third-order valence-corrected chi connectivity index (χ3v) is 4.29. The quantitative estimate of drug-likeness (QED) is 0.659. The zero-order valence-corrected chi connectivity index (χ0v) is 11.0. The second-order valence-corrected chi connectivity index (χ2v) is 5.98. The molecule has 1 aliphatic carbocycles. The highest BCUT2D eigenvalue weighted by molar-refractivity contribution is 7.99. The van der Waals surface area contributed by atoms with Gasteiger partial charge in [0.15, 0.2) is 0 Å². The second-order valence-electron chi connectivity index (χ2n) is 4.59. The molecular formula is C12H26N2S. The molecule has 1 aliphatic rings. The van der Waals surface area contributed by atoms with E-state index in [1.807, 2.05) is 11.8 Å². The van der Waals surface area contributed by atoms with Gasteiger partial charge in [-0.1, -0.05) is 13.3 Å². The van der Waals surface area contributed by atoms with Crippen molar-refractivity contribution >= 4 is 11.8 Å². The van der Waals surface area contributed by atoms with Gasteiger partial charge in [0.25, 0.3) is 0 Å². The molecule has 15 heavy (non-hydrogen) atoms. The fraction of sp³-hybridized carbons (Fsp3) is 1.00. The Morgan fingerprint density at radius 3 is 2.93 bits per heavy atom. The Labute approximate surface area is 98.8 Å². The van der Waals surface area contributed by atoms with Crippen molar-refractivity contribution in [3.8, 4) is 0 Å². The van der Waals surface area contributed by atoms with Gasteiger partial charge in [-0.25, -0.2) is 0 Å². The van der Waals surface area contributed by atoms with Crippen LogP contribution in [0.4, 0.5) is 0 Å². The van der Waals surface area contributed by atoms with E-state index in [9.17, 15) is 0 Å². The Morgan fingerprint density at radius 1 is 1.47 bits per heavy atom. The Bertz CT molecular complexity index is 164. The van der Waals surface area contributed by atoms with Crippen LogP contribution in [0.2, 0.25) is 0 Å². The Kier molecular flexibility index (Phi) is 6.69. The lowest BCUT2D eigenvalue weighted by Gasteiger charge is -2.24. The molecule has 2 nitrogen and oxygen atoms in total. The zero-order valence-electron chi connectivity index (χ0n) is 10.2. The van der Waals surface area contributed by atoms with E-state index in [1.165, 1.54) is 37.2 Å². The molecule has 0 aromatic carbocycles. The molecule has 3 N–H and O–H groups in total. The average molecular weight is 230 g/mol. The first-order chi connectivity index (χ1) is 7.27. The zero-order chi connectivity index (χ0) is 11.1. The molecule has 0 spiro atoms. The van der Waals surface area contributed by atoms with Gasteiger partial charge in [0, 0.05) is 12.1 Å². The maximum absolute atomic E-state index is 5.78. The predicted octanol–water partition coefficient (Wildman–Crippen LogP) is 2.24. The van der Waals surface area contributed by atoms with Gasteiger partial charge in [-0.05, 0) is 50.2 Å². The van der Waals surface area contributed by atoms with Crippen LogP contribution in [0.25, 0.3) is 0 Å². The van der Waals surface area contributed by atoms with Gasteiger partial charge in [-0.15, -0.1) is 0 Å². The van der Waals surface area contributed by atoms with Crippen LogP contribution < -0.4 is 11.1 Å². The molecule has 0 aromatic rings. The molecule has 0 aliphatic heterocycles. The molecule has 3 atom stereocenters. The molecule has 1 saturated carbocycles. The van der Waals surface area contributed by atoms with E-state index in [1.54, 1.807) is 0 Å². The normalized spacial score (nSPS) is 28.2. The highest BCUT2D eigenvalue weighted by atomic mass is 32.2. The summed E-state index contributed by atoms with van der Waals surface area (Å²) in [5, 5.41) is 3.75. The molecule has 90 valence electrons. The van der Waals surface area contributed by atoms with Crippen LogP contribution in [0.5, 0.6) is 0 Å². The van der Waals surface area contributed by atoms with Crippen LogP contribution >= 0.6 is 11.8 Å². The first-order valence-electron chi connectivity index (χ1n) is 6.31. The van der Waals surface area contributed by atoms with E-state index in [2.05, 4.69) is 19.2 Å². The number of thioether (sulfide) groups is 1. The molecular weight excluding hydrogens is 204 g/mol. The number of hydrogen-bond acceptors (Lipinski definition) is 3. The topological polar surface area (TPSA) is 38.0 Å². The van der Waals surface area contributed by atoms with Crippen molar-refractivity contribution in [1.82, 2.24) is 5.32 Å². The van der Waals surface area contributed by atoms with Gasteiger partial charge in [-0.2, -0.15) is 11.8 Å². The van der Waals surface area contributed by atoms with Gasteiger partial charge in [0.2, 0.25) is 0 Å². The van der Waals surface area contributed by atoms with Crippen molar-refractivity contribution in [3.05, 3.63) is 0 Å². The first kappa shape index (κ1) is 13.3. The van der Waals surface area contributed by atoms with Crippen molar-refractivity contribution in [2.75, 3.05) is 18.1 Å². The van der Waals surface area contributed by atoms with Gasteiger partial charge < -0.3 is 11.1 Å². The number of nitrogens with one attached hydrogen (secondary N) is 1. The number of nitrogens with two attached hydrogens (primary N) is 1. The van der Waals surface area contributed by atoms with E-state index in [-0.39, 0.29) is 0 Å². The largest absolute Gasteiger partial charge is 0.330 e. The van der Waals surface area contributed by atoms with E-state index < -0.39 is 0 Å². The molecule has 0 amide bonds. The maximum atomic E-state index is 5.78. The Hall–Kier alpha value is 0.270. The monoisotopic (exact) mass is 230 g/mol. The molecule has 0 radical (unpaired) electrons. The summed E-state index contributed by atoms with van der Waals surface area (Å²) in [6.07, 6.45) is 5.29. The van der Waals surface area contributed by atoms with E-state index in [4.69, 9.17) is 5.73 Å². The minimum atomic E-state index is 0.654. The van der Waals surface area contributed by atoms with Crippen LogP contribution in [0, 0.1) is 5.92 Å². The fourth-order valence-electron chi connectivity index (χ4n) is 2.39. The minimum absolute atomic E-state index is 0.654. The SMILES string of the molecule is CCSCCC(C)NC1CCCC1CN. The van der Waals surface area contributed by atoms with Crippen LogP contribution in [0.3, 0.4) is 0 Å². The highest BCUT2D eigenvalue weighted by Crippen LogP contribution is 2.25. The van der Waals surface area contributed by atoms with Gasteiger partial charge in [0.05, 0.1) is 0 Å². The summed E-state index contributed by atoms with van der Waals surface area (Å²) >= 11 is 2.04. The van der Waals surface area contributed by atoms with Crippen molar-refractivity contribution in [3.63, 3.8) is 0 Å². The molecule has 0 heterocycles. The van der Waals surface area contributed by atoms with E-state index >= 15 is 0 Å². The number of rotatable bonds is 7. The lowest BCUT2D eigenvalue weighted by Crippen LogP contribution is -2.41. The summed E-state index contributed by atoms with van der Waals surface area (Å²) in [5.41, 5.74) is 5.78. The molecule has 0 aromatic heterocycles. The highest BCUT2D eigenvalue weighted by Gasteiger charge is 2.26. The lowest BCUT2D eigenvalue weighted by atomic mass is 10.0. The van der Waals surface area contributed by atoms with Gasteiger partial charge in [-0.3, -0.25) is 0 Å². The molecule has 1 rings (SSSR count). The van der Waals surface area contributed by atoms with Crippen molar-refractivity contribution < 1.29 is 0 Å². The first-order valence-corrected chi connectivity index (χ1v) is 7.47. The van der Waals surface area contributed by atoms with Crippen molar-refractivity contribution in [1.29, 1.82) is 0 Å². The van der Waals surface area contributed by atoms with Gasteiger partial charge >= 0.3 is 0 Å². The predicted molar refractivity (Wildman–Crippen MR) is 70.4 cm³/mol. The van der Waals surface area contributed by atoms with Crippen LogP contribution in [0.15, 0.2) is 0 Å². The molecule has 0 saturated heterocycles. The van der Waals surface area contributed by atoms with Crippen LogP contribution in [-0.4, -0.2) is 30.1 Å². The Balaban J connectivity index is 2.15. The van der Waals surface area contributed by atoms with Crippen molar-refractivity contribution in [2.45, 2.75) is 51.6 Å². The smallest absolute Gasteiger partial charge is 0.0110 e. The van der Waals surface area contributed by atoms with Crippen LogP contribution in [0.1, 0.15) is 39.5 Å². The van der Waals surface area contributed by atoms with E-state index in [0.717, 1.165) is 12.5 Å². The van der Waals surface area contributed by atoms with Crippen LogP contribution in [-0.2, 0) is 0 Å². The molecule has 0 bridgehead atoms. The molecule has 3 unspecified atom stereocenters. The summed E-state index contributed by atoms with van der Waals surface area (Å²) in [7, 11) is 0. The molecule has 1 fully saturated rings. The molecule has 3 heteroatoms. The minimum Gasteiger partial charge on any atom is -0.330 e. The average Bonchev–Trinajstić information content (AvgIpc) is 2.65. The van der Waals surface area contributed by atoms with Gasteiger partial charge in [0.1, 0.15) is 0 Å². The second kappa shape index (κ2) is 7.53. The number of hydrogen-bond donors (Lipinski definition) is 2. The third kappa shape index (κ3) is 4.75. The van der Waals surface area contributed by atoms with E-state index in [0.29, 0.717) is 12.1 Å². The van der Waals surface area contributed by atoms with Crippen molar-refractivity contribution in [2.24, 2.45) is 11.7 Å².